The highest BCUT2D eigenvalue weighted by Gasteiger charge is 2.40. The zero-order chi connectivity index (χ0) is 19.3. The Morgan fingerprint density at radius 2 is 1.93 bits per heavy atom. The van der Waals surface area contributed by atoms with E-state index < -0.39 is 12.0 Å². The number of hydrogen-bond acceptors (Lipinski definition) is 3. The lowest BCUT2D eigenvalue weighted by molar-refractivity contribution is -0.147. The Hall–Kier alpha value is -2.84. The molecule has 0 atom stereocenters. The van der Waals surface area contributed by atoms with Crippen molar-refractivity contribution < 1.29 is 18.0 Å². The maximum Gasteiger partial charge on any atom is 0.451 e. The highest BCUT2D eigenvalue weighted by Crippen LogP contribution is 2.30. The molecule has 0 unspecified atom stereocenters. The van der Waals surface area contributed by atoms with Gasteiger partial charge in [0.05, 0.1) is 6.54 Å². The van der Waals surface area contributed by atoms with E-state index in [-0.39, 0.29) is 37.4 Å². The van der Waals surface area contributed by atoms with Gasteiger partial charge in [-0.2, -0.15) is 13.2 Å². The number of alkyl halides is 3. The van der Waals surface area contributed by atoms with Crippen LogP contribution in [0, 0.1) is 0 Å². The maximum absolute atomic E-state index is 12.9. The van der Waals surface area contributed by atoms with Crippen molar-refractivity contribution in [2.24, 2.45) is 0 Å². The van der Waals surface area contributed by atoms with E-state index >= 15 is 0 Å². The number of carbonyl (C=O) groups is 1. The van der Waals surface area contributed by atoms with Crippen molar-refractivity contribution >= 4 is 16.8 Å². The van der Waals surface area contributed by atoms with Crippen LogP contribution >= 0.6 is 0 Å². The molecule has 1 amide bonds. The summed E-state index contributed by atoms with van der Waals surface area (Å²) in [6, 6.07) is 7.71. The van der Waals surface area contributed by atoms with Crippen molar-refractivity contribution in [1.82, 2.24) is 24.2 Å². The number of rotatable bonds is 2. The summed E-state index contributed by atoms with van der Waals surface area (Å²) in [7, 11) is 0. The number of nitrogens with zero attached hydrogens (tertiary/aromatic N) is 5. The summed E-state index contributed by atoms with van der Waals surface area (Å²) in [5.74, 6) is -1.09. The van der Waals surface area contributed by atoms with Gasteiger partial charge in [0, 0.05) is 36.4 Å². The van der Waals surface area contributed by atoms with Gasteiger partial charge in [-0.3, -0.25) is 4.79 Å². The Morgan fingerprint density at radius 1 is 1.15 bits per heavy atom. The highest BCUT2D eigenvalue weighted by atomic mass is 19.4. The van der Waals surface area contributed by atoms with Crippen molar-refractivity contribution in [3.8, 4) is 0 Å². The first-order chi connectivity index (χ1) is 12.8. The van der Waals surface area contributed by atoms with Crippen molar-refractivity contribution in [2.75, 3.05) is 6.54 Å². The van der Waals surface area contributed by atoms with Gasteiger partial charge in [0.2, 0.25) is 5.82 Å². The number of amides is 1. The summed E-state index contributed by atoms with van der Waals surface area (Å²) in [5, 5.41) is 7.91. The van der Waals surface area contributed by atoms with Crippen LogP contribution in [-0.2, 0) is 19.3 Å². The van der Waals surface area contributed by atoms with E-state index in [9.17, 15) is 18.0 Å². The number of carbonyl (C=O) groups excluding carboxylic acids is 1. The van der Waals surface area contributed by atoms with Crippen molar-refractivity contribution in [2.45, 2.75) is 39.2 Å². The molecule has 2 aromatic heterocycles. The standard InChI is InChI=1S/C18H18F3N5O/c1-11(2)25-6-5-12-3-4-13(9-14(12)25)16(27)24-7-8-26-15(10-24)22-23-17(26)18(19,20)21/h3-6,9,11H,7-8,10H2,1-2H3. The highest BCUT2D eigenvalue weighted by molar-refractivity contribution is 5.98. The van der Waals surface area contributed by atoms with Gasteiger partial charge in [-0.25, -0.2) is 0 Å². The predicted octanol–water partition coefficient (Wildman–Crippen LogP) is 3.49. The third kappa shape index (κ3) is 2.96. The van der Waals surface area contributed by atoms with Crippen LogP contribution in [0.2, 0.25) is 0 Å². The summed E-state index contributed by atoms with van der Waals surface area (Å²) in [6.45, 7) is 4.32. The molecule has 0 radical (unpaired) electrons. The number of hydrogen-bond donors (Lipinski definition) is 0. The second kappa shape index (κ2) is 6.11. The van der Waals surface area contributed by atoms with Gasteiger partial charge in [0.25, 0.3) is 5.91 Å². The molecule has 1 aliphatic rings. The molecule has 9 heteroatoms. The normalized spacial score (nSPS) is 14.8. The van der Waals surface area contributed by atoms with Crippen LogP contribution in [0.4, 0.5) is 13.2 Å². The van der Waals surface area contributed by atoms with Gasteiger partial charge < -0.3 is 14.0 Å². The van der Waals surface area contributed by atoms with Crippen LogP contribution in [-0.4, -0.2) is 36.7 Å². The largest absolute Gasteiger partial charge is 0.451 e. The number of halogens is 3. The van der Waals surface area contributed by atoms with Crippen LogP contribution < -0.4 is 0 Å². The molecular formula is C18H18F3N5O. The molecule has 3 aromatic rings. The topological polar surface area (TPSA) is 56.0 Å². The first kappa shape index (κ1) is 17.6. The number of fused-ring (bicyclic) bond motifs is 2. The van der Waals surface area contributed by atoms with Gasteiger partial charge in [-0.1, -0.05) is 6.07 Å². The third-order valence-corrected chi connectivity index (χ3v) is 4.82. The smallest absolute Gasteiger partial charge is 0.345 e. The lowest BCUT2D eigenvalue weighted by Crippen LogP contribution is -2.39. The van der Waals surface area contributed by atoms with E-state index in [1.807, 2.05) is 24.4 Å². The van der Waals surface area contributed by atoms with Gasteiger partial charge in [0.15, 0.2) is 5.82 Å². The van der Waals surface area contributed by atoms with Crippen molar-refractivity contribution in [1.29, 1.82) is 0 Å². The third-order valence-electron chi connectivity index (χ3n) is 4.82. The lowest BCUT2D eigenvalue weighted by Gasteiger charge is -2.28. The summed E-state index contributed by atoms with van der Waals surface area (Å²) in [6.07, 6.45) is -2.57. The summed E-state index contributed by atoms with van der Waals surface area (Å²) in [5.41, 5.74) is 1.46. The second-order valence-corrected chi connectivity index (χ2v) is 6.91. The monoisotopic (exact) mass is 377 g/mol. The minimum atomic E-state index is -4.55. The molecule has 0 aliphatic carbocycles. The fraction of sp³-hybridized carbons (Fsp3) is 0.389. The van der Waals surface area contributed by atoms with Crippen molar-refractivity contribution in [3.05, 3.63) is 47.7 Å². The SMILES string of the molecule is CC(C)n1ccc2ccc(C(=O)N3CCn4c(nnc4C(F)(F)F)C3)cc21. The minimum absolute atomic E-state index is 0.00510. The summed E-state index contributed by atoms with van der Waals surface area (Å²) in [4.78, 5) is 14.4. The molecule has 0 bridgehead atoms. The number of aromatic nitrogens is 4. The molecule has 27 heavy (non-hydrogen) atoms. The fourth-order valence-electron chi connectivity index (χ4n) is 3.46. The molecule has 142 valence electrons. The molecule has 0 saturated heterocycles. The molecule has 0 saturated carbocycles. The maximum atomic E-state index is 12.9. The van der Waals surface area contributed by atoms with E-state index in [0.717, 1.165) is 15.5 Å². The van der Waals surface area contributed by atoms with Crippen molar-refractivity contribution in [3.63, 3.8) is 0 Å². The Bertz CT molecular complexity index is 1020. The Labute approximate surface area is 153 Å². The fourth-order valence-corrected chi connectivity index (χ4v) is 3.46. The summed E-state index contributed by atoms with van der Waals surface area (Å²) >= 11 is 0. The van der Waals surface area contributed by atoms with E-state index in [1.54, 1.807) is 6.07 Å². The van der Waals surface area contributed by atoms with Crippen LogP contribution in [0.25, 0.3) is 10.9 Å². The molecular weight excluding hydrogens is 359 g/mol. The van der Waals surface area contributed by atoms with Crippen LogP contribution in [0.5, 0.6) is 0 Å². The average Bonchev–Trinajstić information content (AvgIpc) is 3.23. The minimum Gasteiger partial charge on any atom is -0.345 e. The second-order valence-electron chi connectivity index (χ2n) is 6.91. The molecule has 3 heterocycles. The molecule has 4 rings (SSSR count). The lowest BCUT2D eigenvalue weighted by atomic mass is 10.1. The molecule has 0 N–H and O–H groups in total. The predicted molar refractivity (Wildman–Crippen MR) is 92.1 cm³/mol. The molecule has 1 aromatic carbocycles. The van der Waals surface area contributed by atoms with E-state index in [1.165, 1.54) is 4.90 Å². The zero-order valence-corrected chi connectivity index (χ0v) is 14.9. The Balaban J connectivity index is 1.62. The molecule has 1 aliphatic heterocycles. The molecule has 0 spiro atoms. The number of benzene rings is 1. The molecule has 0 fully saturated rings. The first-order valence-electron chi connectivity index (χ1n) is 8.65. The summed E-state index contributed by atoms with van der Waals surface area (Å²) < 4.78 is 41.9. The van der Waals surface area contributed by atoms with Crippen LogP contribution in [0.1, 0.15) is 41.9 Å². The van der Waals surface area contributed by atoms with E-state index in [2.05, 4.69) is 28.6 Å². The van der Waals surface area contributed by atoms with Gasteiger partial charge >= 0.3 is 6.18 Å². The first-order valence-corrected chi connectivity index (χ1v) is 8.65. The Kier molecular flexibility index (Phi) is 3.97. The quantitative estimate of drug-likeness (QED) is 0.687. The van der Waals surface area contributed by atoms with E-state index in [0.29, 0.717) is 5.56 Å². The zero-order valence-electron chi connectivity index (χ0n) is 14.9. The van der Waals surface area contributed by atoms with Gasteiger partial charge in [-0.05, 0) is 37.4 Å². The van der Waals surface area contributed by atoms with E-state index in [4.69, 9.17) is 0 Å². The van der Waals surface area contributed by atoms with Crippen LogP contribution in [0.15, 0.2) is 30.5 Å². The van der Waals surface area contributed by atoms with Crippen LogP contribution in [0.3, 0.4) is 0 Å². The molecule has 6 nitrogen and oxygen atoms in total. The average molecular weight is 377 g/mol. The van der Waals surface area contributed by atoms with Gasteiger partial charge in [-0.15, -0.1) is 10.2 Å². The van der Waals surface area contributed by atoms with Gasteiger partial charge in [0.1, 0.15) is 0 Å². The Morgan fingerprint density at radius 3 is 2.63 bits per heavy atom.